The highest BCUT2D eigenvalue weighted by Crippen LogP contribution is 2.40. The molecule has 0 bridgehead atoms. The Balaban J connectivity index is 1.68. The molecule has 38 heavy (non-hydrogen) atoms. The SMILES string of the molecule is CCOc1ccc([C@H]2C(=C(O)c3ccc(OCc4ccccc4)cc3C)C(=O)C(=O)N2CCCOC)cc1. The van der Waals surface area contributed by atoms with E-state index in [-0.39, 0.29) is 11.3 Å². The van der Waals surface area contributed by atoms with Gasteiger partial charge in [0.25, 0.3) is 11.7 Å². The molecule has 1 saturated heterocycles. The van der Waals surface area contributed by atoms with Gasteiger partial charge in [0.1, 0.15) is 23.9 Å². The van der Waals surface area contributed by atoms with Gasteiger partial charge in [-0.05, 0) is 67.3 Å². The van der Waals surface area contributed by atoms with Crippen LogP contribution in [-0.4, -0.2) is 48.6 Å². The average Bonchev–Trinajstić information content (AvgIpc) is 3.18. The molecule has 0 unspecified atom stereocenters. The van der Waals surface area contributed by atoms with Gasteiger partial charge in [-0.25, -0.2) is 0 Å². The van der Waals surface area contributed by atoms with Crippen molar-refractivity contribution in [3.8, 4) is 11.5 Å². The van der Waals surface area contributed by atoms with Crippen molar-refractivity contribution in [2.75, 3.05) is 26.9 Å². The topological polar surface area (TPSA) is 85.3 Å². The molecule has 7 heteroatoms. The van der Waals surface area contributed by atoms with Gasteiger partial charge in [-0.15, -0.1) is 0 Å². The molecule has 1 aliphatic heterocycles. The number of benzene rings is 3. The fourth-order valence-electron chi connectivity index (χ4n) is 4.63. The zero-order valence-electron chi connectivity index (χ0n) is 22.0. The first kappa shape index (κ1) is 26.9. The second kappa shape index (κ2) is 12.4. The number of aliphatic hydroxyl groups is 1. The first-order valence-electron chi connectivity index (χ1n) is 12.7. The number of aliphatic hydroxyl groups excluding tert-OH is 1. The van der Waals surface area contributed by atoms with Crippen LogP contribution in [0.15, 0.2) is 78.4 Å². The minimum absolute atomic E-state index is 0.0673. The Kier molecular flexibility index (Phi) is 8.81. The lowest BCUT2D eigenvalue weighted by Gasteiger charge is -2.25. The number of rotatable bonds is 11. The second-order valence-electron chi connectivity index (χ2n) is 9.09. The average molecular weight is 516 g/mol. The number of Topliss-reactive ketones (excluding diaryl/α,β-unsaturated/α-hetero) is 1. The fourth-order valence-corrected chi connectivity index (χ4v) is 4.63. The predicted molar refractivity (Wildman–Crippen MR) is 145 cm³/mol. The van der Waals surface area contributed by atoms with Gasteiger partial charge in [0.15, 0.2) is 0 Å². The quantitative estimate of drug-likeness (QED) is 0.159. The Labute approximate surface area is 223 Å². The van der Waals surface area contributed by atoms with Crippen LogP contribution in [0.3, 0.4) is 0 Å². The van der Waals surface area contributed by atoms with Gasteiger partial charge in [-0.3, -0.25) is 9.59 Å². The summed E-state index contributed by atoms with van der Waals surface area (Å²) in [5.74, 6) is -0.214. The summed E-state index contributed by atoms with van der Waals surface area (Å²) in [6, 6.07) is 21.7. The van der Waals surface area contributed by atoms with Crippen molar-refractivity contribution in [2.24, 2.45) is 0 Å². The van der Waals surface area contributed by atoms with Crippen molar-refractivity contribution in [2.45, 2.75) is 32.9 Å². The Hall–Kier alpha value is -4.10. The molecule has 4 rings (SSSR count). The summed E-state index contributed by atoms with van der Waals surface area (Å²) in [4.78, 5) is 27.9. The Morgan fingerprint density at radius 1 is 0.947 bits per heavy atom. The summed E-state index contributed by atoms with van der Waals surface area (Å²) < 4.78 is 16.6. The monoisotopic (exact) mass is 515 g/mol. The standard InChI is InChI=1S/C31H33NO6/c1-4-37-24-13-11-23(12-14-24)28-27(30(34)31(35)32(28)17-8-18-36-3)29(33)26-16-15-25(19-21(26)2)38-20-22-9-6-5-7-10-22/h5-7,9-16,19,28,33H,4,8,17-18,20H2,1-3H3/t28-/m0/s1. The number of carbonyl (C=O) groups is 2. The Bertz CT molecular complexity index is 1300. The van der Waals surface area contributed by atoms with E-state index < -0.39 is 17.7 Å². The summed E-state index contributed by atoms with van der Waals surface area (Å²) in [5.41, 5.74) is 3.03. The van der Waals surface area contributed by atoms with Crippen LogP contribution >= 0.6 is 0 Å². The highest BCUT2D eigenvalue weighted by molar-refractivity contribution is 6.46. The van der Waals surface area contributed by atoms with E-state index in [0.29, 0.717) is 55.4 Å². The van der Waals surface area contributed by atoms with Crippen molar-refractivity contribution in [3.63, 3.8) is 0 Å². The predicted octanol–water partition coefficient (Wildman–Crippen LogP) is 5.43. The zero-order chi connectivity index (χ0) is 27.1. The van der Waals surface area contributed by atoms with Gasteiger partial charge in [-0.2, -0.15) is 0 Å². The fraction of sp³-hybridized carbons (Fsp3) is 0.290. The molecular weight excluding hydrogens is 482 g/mol. The van der Waals surface area contributed by atoms with Crippen molar-refractivity contribution < 1.29 is 28.9 Å². The molecule has 3 aromatic carbocycles. The number of amides is 1. The van der Waals surface area contributed by atoms with E-state index in [1.54, 1.807) is 31.4 Å². The van der Waals surface area contributed by atoms with E-state index in [0.717, 1.165) is 11.1 Å². The molecule has 198 valence electrons. The molecule has 1 atom stereocenters. The highest BCUT2D eigenvalue weighted by atomic mass is 16.5. The normalized spacial score (nSPS) is 16.6. The lowest BCUT2D eigenvalue weighted by molar-refractivity contribution is -0.140. The molecule has 1 aliphatic rings. The third kappa shape index (κ3) is 5.89. The number of likely N-dealkylation sites (tertiary alicyclic amines) is 1. The lowest BCUT2D eigenvalue weighted by Crippen LogP contribution is -2.31. The van der Waals surface area contributed by atoms with Gasteiger partial charge in [0.2, 0.25) is 0 Å². The van der Waals surface area contributed by atoms with Crippen LogP contribution < -0.4 is 9.47 Å². The van der Waals surface area contributed by atoms with Gasteiger partial charge >= 0.3 is 0 Å². The smallest absolute Gasteiger partial charge is 0.295 e. The van der Waals surface area contributed by atoms with E-state index in [2.05, 4.69) is 0 Å². The lowest BCUT2D eigenvalue weighted by atomic mass is 9.93. The minimum atomic E-state index is -0.726. The maximum atomic E-state index is 13.3. The summed E-state index contributed by atoms with van der Waals surface area (Å²) in [5, 5.41) is 11.4. The minimum Gasteiger partial charge on any atom is -0.507 e. The number of ketones is 1. The number of hydrogen-bond acceptors (Lipinski definition) is 6. The molecule has 0 spiro atoms. The van der Waals surface area contributed by atoms with Crippen LogP contribution in [0, 0.1) is 6.92 Å². The summed E-state index contributed by atoms with van der Waals surface area (Å²) in [6.07, 6.45) is 0.559. The number of hydrogen-bond donors (Lipinski definition) is 1. The molecule has 0 aromatic heterocycles. The Morgan fingerprint density at radius 3 is 2.32 bits per heavy atom. The molecule has 1 fully saturated rings. The third-order valence-electron chi connectivity index (χ3n) is 6.50. The van der Waals surface area contributed by atoms with Crippen molar-refractivity contribution in [1.29, 1.82) is 0 Å². The van der Waals surface area contributed by atoms with Gasteiger partial charge < -0.3 is 24.2 Å². The number of carbonyl (C=O) groups excluding carboxylic acids is 2. The third-order valence-corrected chi connectivity index (χ3v) is 6.50. The Morgan fingerprint density at radius 2 is 1.66 bits per heavy atom. The van der Waals surface area contributed by atoms with E-state index in [1.165, 1.54) is 4.90 Å². The highest BCUT2D eigenvalue weighted by Gasteiger charge is 2.45. The molecule has 1 amide bonds. The molecular formula is C31H33NO6. The summed E-state index contributed by atoms with van der Waals surface area (Å²) >= 11 is 0. The van der Waals surface area contributed by atoms with Crippen LogP contribution in [0.4, 0.5) is 0 Å². The van der Waals surface area contributed by atoms with Gasteiger partial charge in [-0.1, -0.05) is 42.5 Å². The van der Waals surface area contributed by atoms with Gasteiger partial charge in [0, 0.05) is 25.8 Å². The summed E-state index contributed by atoms with van der Waals surface area (Å²) in [7, 11) is 1.59. The van der Waals surface area contributed by atoms with Crippen LogP contribution in [0.5, 0.6) is 11.5 Å². The van der Waals surface area contributed by atoms with Crippen LogP contribution in [0.2, 0.25) is 0 Å². The van der Waals surface area contributed by atoms with Crippen LogP contribution in [0.25, 0.3) is 5.76 Å². The first-order valence-corrected chi connectivity index (χ1v) is 12.7. The van der Waals surface area contributed by atoms with Crippen LogP contribution in [0.1, 0.15) is 41.6 Å². The van der Waals surface area contributed by atoms with E-state index in [1.807, 2.05) is 62.4 Å². The zero-order valence-corrected chi connectivity index (χ0v) is 22.0. The number of aryl methyl sites for hydroxylation is 1. The maximum Gasteiger partial charge on any atom is 0.295 e. The van der Waals surface area contributed by atoms with E-state index in [9.17, 15) is 14.7 Å². The molecule has 0 aliphatic carbocycles. The summed E-state index contributed by atoms with van der Waals surface area (Å²) in [6.45, 7) is 5.44. The molecule has 0 radical (unpaired) electrons. The van der Waals surface area contributed by atoms with Crippen molar-refractivity contribution >= 4 is 17.4 Å². The van der Waals surface area contributed by atoms with Gasteiger partial charge in [0.05, 0.1) is 18.2 Å². The van der Waals surface area contributed by atoms with E-state index >= 15 is 0 Å². The van der Waals surface area contributed by atoms with Crippen LogP contribution in [-0.2, 0) is 20.9 Å². The molecule has 1 heterocycles. The second-order valence-corrected chi connectivity index (χ2v) is 9.09. The van der Waals surface area contributed by atoms with E-state index in [4.69, 9.17) is 14.2 Å². The molecule has 1 N–H and O–H groups in total. The first-order chi connectivity index (χ1) is 18.4. The number of methoxy groups -OCH3 is 1. The number of ether oxygens (including phenoxy) is 3. The maximum absolute atomic E-state index is 13.3. The van der Waals surface area contributed by atoms with Crippen molar-refractivity contribution in [3.05, 3.63) is 101 Å². The van der Waals surface area contributed by atoms with Crippen molar-refractivity contribution in [1.82, 2.24) is 4.90 Å². The molecule has 0 saturated carbocycles. The molecule has 3 aromatic rings. The molecule has 7 nitrogen and oxygen atoms in total. The number of nitrogens with zero attached hydrogens (tertiary/aromatic N) is 1. The largest absolute Gasteiger partial charge is 0.507 e.